The predicted octanol–water partition coefficient (Wildman–Crippen LogP) is 5.90. The molecule has 1 saturated carbocycles. The standard InChI is InChI=1S/C20H20BrFN2O2/c21-13-10-15-14(12-7-8-12)4-3-9-26-19(15)18(11-13)24-20(25)23-17-6-2-1-5-16(17)22/h1-2,5-6,10-12,14H,3-4,7-9H2,(H2,23,24,25). The van der Waals surface area contributed by atoms with Crippen LogP contribution >= 0.6 is 15.9 Å². The van der Waals surface area contributed by atoms with E-state index in [0.717, 1.165) is 28.6 Å². The van der Waals surface area contributed by atoms with Gasteiger partial charge in [-0.15, -0.1) is 0 Å². The first kappa shape index (κ1) is 17.3. The van der Waals surface area contributed by atoms with E-state index < -0.39 is 11.8 Å². The molecule has 1 aliphatic carbocycles. The molecule has 1 heterocycles. The number of urea groups is 1. The number of benzene rings is 2. The highest BCUT2D eigenvalue weighted by atomic mass is 79.9. The molecule has 6 heteroatoms. The fourth-order valence-corrected chi connectivity index (χ4v) is 4.08. The highest BCUT2D eigenvalue weighted by Gasteiger charge is 2.35. The number of para-hydroxylation sites is 1. The van der Waals surface area contributed by atoms with Gasteiger partial charge in [-0.1, -0.05) is 28.1 Å². The fourth-order valence-electron chi connectivity index (χ4n) is 3.60. The average Bonchev–Trinajstić information content (AvgIpc) is 3.43. The lowest BCUT2D eigenvalue weighted by Crippen LogP contribution is -2.21. The second kappa shape index (κ2) is 7.27. The Morgan fingerprint density at radius 1 is 1.12 bits per heavy atom. The number of hydrogen-bond donors (Lipinski definition) is 2. The molecular formula is C20H20BrFN2O2. The molecule has 1 unspecified atom stereocenters. The number of rotatable bonds is 3. The van der Waals surface area contributed by atoms with Crippen molar-refractivity contribution in [1.82, 2.24) is 0 Å². The molecule has 26 heavy (non-hydrogen) atoms. The van der Waals surface area contributed by atoms with Crippen molar-refractivity contribution in [1.29, 1.82) is 0 Å². The second-order valence-corrected chi connectivity index (χ2v) is 7.78. The van der Waals surface area contributed by atoms with Gasteiger partial charge in [0, 0.05) is 10.0 Å². The highest BCUT2D eigenvalue weighted by molar-refractivity contribution is 9.10. The lowest BCUT2D eigenvalue weighted by atomic mass is 9.89. The molecule has 4 rings (SSSR count). The van der Waals surface area contributed by atoms with Crippen molar-refractivity contribution in [3.63, 3.8) is 0 Å². The Morgan fingerprint density at radius 3 is 2.65 bits per heavy atom. The summed E-state index contributed by atoms with van der Waals surface area (Å²) in [4.78, 5) is 12.4. The lowest BCUT2D eigenvalue weighted by molar-refractivity contribution is 0.261. The predicted molar refractivity (Wildman–Crippen MR) is 103 cm³/mol. The van der Waals surface area contributed by atoms with Crippen molar-refractivity contribution in [2.24, 2.45) is 5.92 Å². The maximum absolute atomic E-state index is 13.8. The van der Waals surface area contributed by atoms with Crippen LogP contribution in [0.15, 0.2) is 40.9 Å². The minimum Gasteiger partial charge on any atom is -0.491 e. The van der Waals surface area contributed by atoms with Crippen LogP contribution < -0.4 is 15.4 Å². The summed E-state index contributed by atoms with van der Waals surface area (Å²) in [5.41, 5.74) is 1.90. The van der Waals surface area contributed by atoms with Gasteiger partial charge >= 0.3 is 6.03 Å². The minimum atomic E-state index is -0.494. The summed E-state index contributed by atoms with van der Waals surface area (Å²) in [7, 11) is 0. The zero-order valence-electron chi connectivity index (χ0n) is 14.2. The molecule has 1 fully saturated rings. The van der Waals surface area contributed by atoms with E-state index in [9.17, 15) is 9.18 Å². The van der Waals surface area contributed by atoms with Crippen LogP contribution in [0.5, 0.6) is 5.75 Å². The zero-order valence-corrected chi connectivity index (χ0v) is 15.8. The summed E-state index contributed by atoms with van der Waals surface area (Å²) in [6.07, 6.45) is 4.63. The molecular weight excluding hydrogens is 399 g/mol. The third-order valence-electron chi connectivity index (χ3n) is 4.95. The highest BCUT2D eigenvalue weighted by Crippen LogP contribution is 2.51. The Kier molecular flexibility index (Phi) is 4.85. The van der Waals surface area contributed by atoms with Crippen molar-refractivity contribution >= 4 is 33.3 Å². The van der Waals surface area contributed by atoms with Gasteiger partial charge in [-0.25, -0.2) is 9.18 Å². The van der Waals surface area contributed by atoms with E-state index in [4.69, 9.17) is 4.74 Å². The molecule has 2 N–H and O–H groups in total. The monoisotopic (exact) mass is 418 g/mol. The molecule has 0 radical (unpaired) electrons. The van der Waals surface area contributed by atoms with Crippen molar-refractivity contribution in [3.8, 4) is 5.75 Å². The molecule has 2 amide bonds. The summed E-state index contributed by atoms with van der Waals surface area (Å²) < 4.78 is 20.6. The van der Waals surface area contributed by atoms with E-state index in [1.165, 1.54) is 25.0 Å². The first-order valence-electron chi connectivity index (χ1n) is 8.90. The number of carbonyl (C=O) groups is 1. The van der Waals surface area contributed by atoms with E-state index in [1.807, 2.05) is 6.07 Å². The van der Waals surface area contributed by atoms with E-state index in [-0.39, 0.29) is 5.69 Å². The molecule has 4 nitrogen and oxygen atoms in total. The first-order valence-corrected chi connectivity index (χ1v) is 9.70. The molecule has 2 aromatic carbocycles. The SMILES string of the molecule is O=C(Nc1ccccc1F)Nc1cc(Br)cc2c1OCCCC2C1CC1. The number of fused-ring (bicyclic) bond motifs is 1. The minimum absolute atomic E-state index is 0.142. The quantitative estimate of drug-likeness (QED) is 0.651. The first-order chi connectivity index (χ1) is 12.6. The van der Waals surface area contributed by atoms with Crippen LogP contribution in [0.4, 0.5) is 20.6 Å². The van der Waals surface area contributed by atoms with Crippen LogP contribution in [-0.2, 0) is 0 Å². The summed E-state index contributed by atoms with van der Waals surface area (Å²) in [5, 5.41) is 5.37. The molecule has 1 atom stereocenters. The summed E-state index contributed by atoms with van der Waals surface area (Å²) in [6, 6.07) is 9.52. The van der Waals surface area contributed by atoms with E-state index >= 15 is 0 Å². The fraction of sp³-hybridized carbons (Fsp3) is 0.350. The van der Waals surface area contributed by atoms with Gasteiger partial charge in [-0.3, -0.25) is 0 Å². The Morgan fingerprint density at radius 2 is 1.88 bits per heavy atom. The van der Waals surface area contributed by atoms with Gasteiger partial charge in [0.15, 0.2) is 0 Å². The third-order valence-corrected chi connectivity index (χ3v) is 5.41. The van der Waals surface area contributed by atoms with Crippen LogP contribution in [0, 0.1) is 11.7 Å². The Labute approximate surface area is 160 Å². The number of ether oxygens (including phenoxy) is 1. The van der Waals surface area contributed by atoms with Crippen LogP contribution in [-0.4, -0.2) is 12.6 Å². The van der Waals surface area contributed by atoms with Crippen molar-refractivity contribution in [2.75, 3.05) is 17.2 Å². The smallest absolute Gasteiger partial charge is 0.323 e. The second-order valence-electron chi connectivity index (χ2n) is 6.87. The summed E-state index contributed by atoms with van der Waals surface area (Å²) in [6.45, 7) is 0.640. The maximum atomic E-state index is 13.8. The van der Waals surface area contributed by atoms with Gasteiger partial charge in [-0.05, 0) is 61.8 Å². The molecule has 1 aliphatic heterocycles. The summed E-state index contributed by atoms with van der Waals surface area (Å²) in [5.74, 6) is 1.46. The van der Waals surface area contributed by atoms with Crippen LogP contribution in [0.2, 0.25) is 0 Å². The Balaban J connectivity index is 1.60. The number of anilines is 2. The zero-order chi connectivity index (χ0) is 18.1. The van der Waals surface area contributed by atoms with Crippen molar-refractivity contribution in [2.45, 2.75) is 31.6 Å². The molecule has 2 aliphatic rings. The number of hydrogen-bond acceptors (Lipinski definition) is 2. The van der Waals surface area contributed by atoms with Crippen LogP contribution in [0.25, 0.3) is 0 Å². The van der Waals surface area contributed by atoms with Gasteiger partial charge in [0.2, 0.25) is 0 Å². The maximum Gasteiger partial charge on any atom is 0.323 e. The number of nitrogens with one attached hydrogen (secondary N) is 2. The van der Waals surface area contributed by atoms with Gasteiger partial charge in [0.25, 0.3) is 0 Å². The van der Waals surface area contributed by atoms with Crippen molar-refractivity contribution in [3.05, 3.63) is 52.3 Å². The number of halogens is 2. The molecule has 2 aromatic rings. The Hall–Kier alpha value is -2.08. The van der Waals surface area contributed by atoms with Gasteiger partial charge in [-0.2, -0.15) is 0 Å². The molecule has 0 saturated heterocycles. The number of carbonyl (C=O) groups excluding carboxylic acids is 1. The van der Waals surface area contributed by atoms with Crippen molar-refractivity contribution < 1.29 is 13.9 Å². The molecule has 136 valence electrons. The van der Waals surface area contributed by atoms with Crippen LogP contribution in [0.3, 0.4) is 0 Å². The normalized spacial score (nSPS) is 19.1. The summed E-state index contributed by atoms with van der Waals surface area (Å²) >= 11 is 3.54. The van der Waals surface area contributed by atoms with Crippen LogP contribution in [0.1, 0.15) is 37.2 Å². The van der Waals surface area contributed by atoms with Gasteiger partial charge in [0.05, 0.1) is 18.0 Å². The third kappa shape index (κ3) is 3.70. The van der Waals surface area contributed by atoms with E-state index in [1.54, 1.807) is 12.1 Å². The Bertz CT molecular complexity index is 839. The van der Waals surface area contributed by atoms with E-state index in [0.29, 0.717) is 24.1 Å². The van der Waals surface area contributed by atoms with Gasteiger partial charge < -0.3 is 15.4 Å². The molecule has 0 spiro atoms. The lowest BCUT2D eigenvalue weighted by Gasteiger charge is -2.19. The number of amides is 2. The topological polar surface area (TPSA) is 50.4 Å². The largest absolute Gasteiger partial charge is 0.491 e. The van der Waals surface area contributed by atoms with E-state index in [2.05, 4.69) is 32.6 Å². The van der Waals surface area contributed by atoms with Gasteiger partial charge in [0.1, 0.15) is 11.6 Å². The molecule has 0 aromatic heterocycles. The average molecular weight is 419 g/mol. The molecule has 0 bridgehead atoms.